The van der Waals surface area contributed by atoms with E-state index in [0.717, 1.165) is 41.1 Å². The smallest absolute Gasteiger partial charge is 0.209 e. The number of hydrogen-bond donors (Lipinski definition) is 0. The highest BCUT2D eigenvalue weighted by Gasteiger charge is 2.19. The zero-order valence-electron chi connectivity index (χ0n) is 13.9. The Kier molecular flexibility index (Phi) is 4.87. The van der Waals surface area contributed by atoms with Gasteiger partial charge in [-0.1, -0.05) is 35.5 Å². The number of thioether (sulfide) groups is 1. The molecule has 1 aliphatic heterocycles. The molecule has 0 N–H and O–H groups in total. The van der Waals surface area contributed by atoms with Crippen molar-refractivity contribution in [3.05, 3.63) is 40.5 Å². The number of aryl methyl sites for hydroxylation is 1. The van der Waals surface area contributed by atoms with Gasteiger partial charge in [-0.15, -0.1) is 5.10 Å². The van der Waals surface area contributed by atoms with Crippen LogP contribution >= 0.6 is 23.4 Å². The van der Waals surface area contributed by atoms with Crippen molar-refractivity contribution in [2.24, 2.45) is 0 Å². The second-order valence-electron chi connectivity index (χ2n) is 6.20. The number of nitrogens with zero attached hydrogens (tertiary/aromatic N) is 5. The molecule has 8 heteroatoms. The number of hydrogen-bond acceptors (Lipinski definition) is 6. The van der Waals surface area contributed by atoms with Crippen molar-refractivity contribution in [3.63, 3.8) is 0 Å². The van der Waals surface area contributed by atoms with E-state index in [2.05, 4.69) is 38.7 Å². The van der Waals surface area contributed by atoms with Crippen molar-refractivity contribution in [1.82, 2.24) is 25.2 Å². The molecule has 3 heterocycles. The minimum absolute atomic E-state index is 0.206. The predicted molar refractivity (Wildman–Crippen MR) is 97.8 cm³/mol. The number of benzene rings is 1. The summed E-state index contributed by atoms with van der Waals surface area (Å²) in [6.07, 6.45) is 2.37. The lowest BCUT2D eigenvalue weighted by molar-refractivity contribution is 0.0912. The van der Waals surface area contributed by atoms with E-state index in [1.165, 1.54) is 5.56 Å². The van der Waals surface area contributed by atoms with Gasteiger partial charge in [0.2, 0.25) is 5.16 Å². The van der Waals surface area contributed by atoms with Crippen LogP contribution in [0, 0.1) is 6.92 Å². The number of halogens is 1. The van der Waals surface area contributed by atoms with Gasteiger partial charge in [-0.3, -0.25) is 0 Å². The summed E-state index contributed by atoms with van der Waals surface area (Å²) in [6.45, 7) is 3.57. The molecule has 1 saturated heterocycles. The van der Waals surface area contributed by atoms with E-state index in [9.17, 15) is 0 Å². The lowest BCUT2D eigenvalue weighted by Gasteiger charge is -2.10. The average molecular weight is 376 g/mol. The van der Waals surface area contributed by atoms with Gasteiger partial charge in [-0.25, -0.2) is 9.67 Å². The molecular formula is C17H18ClN5OS. The van der Waals surface area contributed by atoms with E-state index in [4.69, 9.17) is 16.3 Å². The number of aromatic nitrogens is 5. The van der Waals surface area contributed by atoms with Gasteiger partial charge >= 0.3 is 0 Å². The number of rotatable bonds is 5. The van der Waals surface area contributed by atoms with E-state index in [0.29, 0.717) is 17.5 Å². The van der Waals surface area contributed by atoms with Crippen molar-refractivity contribution in [2.45, 2.75) is 43.3 Å². The first kappa shape index (κ1) is 16.8. The highest BCUT2D eigenvalue weighted by atomic mass is 35.5. The largest absolute Gasteiger partial charge is 0.376 e. The minimum Gasteiger partial charge on any atom is -0.376 e. The van der Waals surface area contributed by atoms with E-state index in [1.807, 2.05) is 17.7 Å². The van der Waals surface area contributed by atoms with Gasteiger partial charge in [0.15, 0.2) is 0 Å². The van der Waals surface area contributed by atoms with E-state index < -0.39 is 0 Å². The summed E-state index contributed by atoms with van der Waals surface area (Å²) in [4.78, 5) is 4.52. The Morgan fingerprint density at radius 2 is 2.28 bits per heavy atom. The second-order valence-corrected chi connectivity index (χ2v) is 7.50. The van der Waals surface area contributed by atoms with Crippen molar-refractivity contribution in [1.29, 1.82) is 0 Å². The zero-order chi connectivity index (χ0) is 17.2. The highest BCUT2D eigenvalue weighted by Crippen LogP contribution is 2.28. The summed E-state index contributed by atoms with van der Waals surface area (Å²) in [5.41, 5.74) is 3.07. The maximum atomic E-state index is 6.37. The Labute approximate surface area is 154 Å². The van der Waals surface area contributed by atoms with Crippen LogP contribution in [0.15, 0.2) is 29.4 Å². The van der Waals surface area contributed by atoms with E-state index >= 15 is 0 Å². The molecule has 2 aromatic heterocycles. The van der Waals surface area contributed by atoms with Gasteiger partial charge < -0.3 is 4.74 Å². The molecule has 3 aromatic rings. The third-order valence-electron chi connectivity index (χ3n) is 4.26. The first-order chi connectivity index (χ1) is 12.2. The van der Waals surface area contributed by atoms with Crippen LogP contribution in [0.5, 0.6) is 0 Å². The molecule has 130 valence electrons. The van der Waals surface area contributed by atoms with Crippen LogP contribution in [0.25, 0.3) is 10.9 Å². The molecule has 1 atom stereocenters. The van der Waals surface area contributed by atoms with Crippen molar-refractivity contribution < 1.29 is 4.74 Å². The van der Waals surface area contributed by atoms with Gasteiger partial charge in [0.25, 0.3) is 0 Å². The quantitative estimate of drug-likeness (QED) is 0.501. The van der Waals surface area contributed by atoms with Gasteiger partial charge in [0.05, 0.1) is 18.2 Å². The van der Waals surface area contributed by atoms with Crippen LogP contribution in [0.3, 0.4) is 0 Å². The maximum absolute atomic E-state index is 6.37. The SMILES string of the molecule is Cc1ccc2cc(CSc3nnnn3CC3CCCO3)c(Cl)nc2c1. The molecule has 25 heavy (non-hydrogen) atoms. The van der Waals surface area contributed by atoms with Crippen LogP contribution in [-0.2, 0) is 17.0 Å². The Balaban J connectivity index is 1.50. The fraction of sp³-hybridized carbons (Fsp3) is 0.412. The summed E-state index contributed by atoms with van der Waals surface area (Å²) in [5, 5.41) is 14.4. The van der Waals surface area contributed by atoms with Crippen LogP contribution < -0.4 is 0 Å². The molecule has 4 rings (SSSR count). The minimum atomic E-state index is 0.206. The van der Waals surface area contributed by atoms with Crippen molar-refractivity contribution >= 4 is 34.3 Å². The van der Waals surface area contributed by atoms with E-state index in [1.54, 1.807) is 11.8 Å². The normalized spacial score (nSPS) is 17.4. The molecule has 6 nitrogen and oxygen atoms in total. The molecule has 1 fully saturated rings. The van der Waals surface area contributed by atoms with Gasteiger partial charge in [-0.2, -0.15) is 0 Å². The summed E-state index contributed by atoms with van der Waals surface area (Å²) in [7, 11) is 0. The molecule has 0 bridgehead atoms. The standard InChI is InChI=1S/C17H18ClN5OS/c1-11-4-5-12-8-13(16(18)19-15(12)7-11)10-25-17-20-21-22-23(17)9-14-3-2-6-24-14/h4-5,7-8,14H,2-3,6,9-10H2,1H3. The molecule has 1 unspecified atom stereocenters. The van der Waals surface area contributed by atoms with Crippen molar-refractivity contribution in [2.75, 3.05) is 6.61 Å². The molecule has 0 radical (unpaired) electrons. The second kappa shape index (κ2) is 7.27. The van der Waals surface area contributed by atoms with Crippen LogP contribution in [0.2, 0.25) is 5.15 Å². The molecule has 0 spiro atoms. The number of ether oxygens (including phenoxy) is 1. The lowest BCUT2D eigenvalue weighted by atomic mass is 10.1. The third kappa shape index (κ3) is 3.78. The predicted octanol–water partition coefficient (Wildman–Crippen LogP) is 3.65. The molecule has 1 aliphatic rings. The number of fused-ring (bicyclic) bond motifs is 1. The molecule has 1 aromatic carbocycles. The zero-order valence-corrected chi connectivity index (χ0v) is 15.4. The Morgan fingerprint density at radius 1 is 1.36 bits per heavy atom. The fourth-order valence-electron chi connectivity index (χ4n) is 2.94. The van der Waals surface area contributed by atoms with E-state index in [-0.39, 0.29) is 6.10 Å². The summed E-state index contributed by atoms with van der Waals surface area (Å²) in [5.74, 6) is 0.668. The Morgan fingerprint density at radius 3 is 3.12 bits per heavy atom. The first-order valence-corrected chi connectivity index (χ1v) is 9.62. The topological polar surface area (TPSA) is 65.7 Å². The Bertz CT molecular complexity index is 894. The third-order valence-corrected chi connectivity index (χ3v) is 5.59. The van der Waals surface area contributed by atoms with Crippen LogP contribution in [0.4, 0.5) is 0 Å². The molecule has 0 aliphatic carbocycles. The maximum Gasteiger partial charge on any atom is 0.209 e. The number of pyridine rings is 1. The van der Waals surface area contributed by atoms with Gasteiger partial charge in [-0.05, 0) is 47.9 Å². The monoisotopic (exact) mass is 375 g/mol. The fourth-order valence-corrected chi connectivity index (χ4v) is 4.09. The van der Waals surface area contributed by atoms with Gasteiger partial charge in [0.1, 0.15) is 5.15 Å². The lowest BCUT2D eigenvalue weighted by Crippen LogP contribution is -2.16. The Hall–Kier alpha value is -1.70. The van der Waals surface area contributed by atoms with Crippen molar-refractivity contribution in [3.8, 4) is 0 Å². The molecule has 0 saturated carbocycles. The first-order valence-electron chi connectivity index (χ1n) is 8.25. The molecular weight excluding hydrogens is 358 g/mol. The average Bonchev–Trinajstić information content (AvgIpc) is 3.25. The summed E-state index contributed by atoms with van der Waals surface area (Å²) >= 11 is 7.93. The van der Waals surface area contributed by atoms with Crippen LogP contribution in [-0.4, -0.2) is 37.9 Å². The van der Waals surface area contributed by atoms with Crippen LogP contribution in [0.1, 0.15) is 24.0 Å². The summed E-state index contributed by atoms with van der Waals surface area (Å²) in [6, 6.07) is 8.28. The summed E-state index contributed by atoms with van der Waals surface area (Å²) < 4.78 is 7.48. The molecule has 0 amide bonds. The number of tetrazole rings is 1. The highest BCUT2D eigenvalue weighted by molar-refractivity contribution is 7.98. The van der Waals surface area contributed by atoms with Gasteiger partial charge in [0, 0.05) is 23.3 Å².